The molecule has 1 saturated carbocycles. The third-order valence-corrected chi connectivity index (χ3v) is 10.2. The van der Waals surface area contributed by atoms with Crippen LogP contribution in [0.15, 0.2) is 66.9 Å². The summed E-state index contributed by atoms with van der Waals surface area (Å²) in [6.07, 6.45) is 2.08. The minimum absolute atomic E-state index is 0.102. The molecule has 0 spiro atoms. The van der Waals surface area contributed by atoms with E-state index < -0.39 is 42.5 Å². The summed E-state index contributed by atoms with van der Waals surface area (Å²) >= 11 is 0. The van der Waals surface area contributed by atoms with E-state index in [1.54, 1.807) is 32.0 Å². The van der Waals surface area contributed by atoms with Crippen molar-refractivity contribution in [3.05, 3.63) is 78.5 Å². The summed E-state index contributed by atoms with van der Waals surface area (Å²) in [6, 6.07) is 13.1. The van der Waals surface area contributed by atoms with Crippen molar-refractivity contribution in [3.8, 4) is 23.0 Å². The Hall–Kier alpha value is -5.31. The summed E-state index contributed by atoms with van der Waals surface area (Å²) in [5, 5.41) is 5.71. The van der Waals surface area contributed by atoms with Gasteiger partial charge in [0.25, 0.3) is 0 Å². The fourth-order valence-corrected chi connectivity index (χ4v) is 7.12. The molecule has 1 aliphatic carbocycles. The number of hydrogen-bond donors (Lipinski definition) is 3. The van der Waals surface area contributed by atoms with Crippen LogP contribution in [-0.2, 0) is 23.2 Å². The average molecular weight is 756 g/mol. The van der Waals surface area contributed by atoms with Crippen LogP contribution in [0.4, 0.5) is 25.0 Å². The number of urea groups is 1. The molecule has 1 heterocycles. The van der Waals surface area contributed by atoms with Gasteiger partial charge in [0.15, 0.2) is 23.1 Å². The average Bonchev–Trinajstić information content (AvgIpc) is 3.94. The topological polar surface area (TPSA) is 181 Å². The highest BCUT2D eigenvalue weighted by molar-refractivity contribution is 7.53. The number of amides is 4. The Labute approximate surface area is 304 Å². The monoisotopic (exact) mass is 755 g/mol. The Kier molecular flexibility index (Phi) is 12.5. The number of nitrogens with two attached hydrogens (primary N) is 1. The summed E-state index contributed by atoms with van der Waals surface area (Å²) in [7, 11) is -2.11. The van der Waals surface area contributed by atoms with E-state index in [-0.39, 0.29) is 49.8 Å². The summed E-state index contributed by atoms with van der Waals surface area (Å²) in [5.41, 5.74) is 5.13. The molecule has 53 heavy (non-hydrogen) atoms. The van der Waals surface area contributed by atoms with Gasteiger partial charge in [0.05, 0.1) is 32.4 Å². The van der Waals surface area contributed by atoms with E-state index >= 15 is 4.39 Å². The quantitative estimate of drug-likeness (QED) is 0.0541. The van der Waals surface area contributed by atoms with Gasteiger partial charge in [-0.3, -0.25) is 19.1 Å². The van der Waals surface area contributed by atoms with Gasteiger partial charge >= 0.3 is 13.6 Å². The van der Waals surface area contributed by atoms with Crippen LogP contribution in [0.1, 0.15) is 33.1 Å². The number of carbonyl (C=O) groups excluding carboxylic acids is 3. The van der Waals surface area contributed by atoms with E-state index in [4.69, 9.17) is 29.0 Å². The van der Waals surface area contributed by atoms with Gasteiger partial charge in [-0.2, -0.15) is 0 Å². The third-order valence-electron chi connectivity index (χ3n) is 8.26. The van der Waals surface area contributed by atoms with Crippen molar-refractivity contribution in [2.75, 3.05) is 50.4 Å². The zero-order chi connectivity index (χ0) is 38.2. The minimum atomic E-state index is -3.57. The van der Waals surface area contributed by atoms with Crippen molar-refractivity contribution in [2.24, 2.45) is 11.1 Å². The molecule has 282 valence electrons. The molecule has 1 aromatic heterocycles. The van der Waals surface area contributed by atoms with Crippen molar-refractivity contribution in [1.82, 2.24) is 9.88 Å². The van der Waals surface area contributed by atoms with Crippen LogP contribution in [0, 0.1) is 17.0 Å². The molecule has 14 nitrogen and oxygen atoms in total. The van der Waals surface area contributed by atoms with E-state index in [0.717, 1.165) is 6.07 Å². The normalized spacial score (nSPS) is 13.2. The number of ether oxygens (including phenoxy) is 3. The summed E-state index contributed by atoms with van der Waals surface area (Å²) in [5.74, 6) is -1.60. The number of methoxy groups -OCH3 is 1. The lowest BCUT2D eigenvalue weighted by molar-refractivity contribution is -0.131. The number of nitrogens with one attached hydrogen (secondary N) is 2. The summed E-state index contributed by atoms with van der Waals surface area (Å²) in [4.78, 5) is 43.6. The van der Waals surface area contributed by atoms with Gasteiger partial charge in [-0.15, -0.1) is 0 Å². The van der Waals surface area contributed by atoms with Crippen molar-refractivity contribution < 1.29 is 51.0 Å². The van der Waals surface area contributed by atoms with Gasteiger partial charge in [-0.05, 0) is 81.6 Å². The van der Waals surface area contributed by atoms with Gasteiger partial charge in [-0.1, -0.05) is 0 Å². The van der Waals surface area contributed by atoms with Crippen LogP contribution < -0.4 is 30.6 Å². The Morgan fingerprint density at radius 1 is 0.887 bits per heavy atom. The smallest absolute Gasteiger partial charge is 0.349 e. The number of benzene rings is 3. The van der Waals surface area contributed by atoms with Crippen LogP contribution >= 0.6 is 7.60 Å². The second kappa shape index (κ2) is 17.0. The molecule has 0 atom stereocenters. The maximum Gasteiger partial charge on any atom is 0.349 e. The van der Waals surface area contributed by atoms with Crippen LogP contribution in [0.3, 0.4) is 0 Å². The van der Waals surface area contributed by atoms with Gasteiger partial charge in [0, 0.05) is 41.6 Å². The number of rotatable bonds is 18. The van der Waals surface area contributed by atoms with E-state index in [0.29, 0.717) is 47.4 Å². The number of fused-ring (bicyclic) bond motifs is 1. The van der Waals surface area contributed by atoms with Crippen molar-refractivity contribution in [1.29, 1.82) is 0 Å². The molecule has 4 N–H and O–H groups in total. The molecule has 5 rings (SSSR count). The molecule has 0 unspecified atom stereocenters. The molecular weight excluding hydrogens is 715 g/mol. The van der Waals surface area contributed by atoms with E-state index in [1.165, 1.54) is 54.6 Å². The molecule has 1 fully saturated rings. The lowest BCUT2D eigenvalue weighted by atomic mass is 10.0. The number of primary amides is 1. The number of hydrogen-bond acceptors (Lipinski definition) is 10. The molecule has 17 heteroatoms. The van der Waals surface area contributed by atoms with Gasteiger partial charge in [0.1, 0.15) is 23.3 Å². The molecule has 4 amide bonds. The minimum Gasteiger partial charge on any atom is -0.493 e. The number of pyridine rings is 1. The predicted octanol–water partition coefficient (Wildman–Crippen LogP) is 7.04. The van der Waals surface area contributed by atoms with Crippen molar-refractivity contribution in [3.63, 3.8) is 0 Å². The molecular formula is C36H40F2N5O9P. The van der Waals surface area contributed by atoms with Crippen LogP contribution in [0.2, 0.25) is 0 Å². The number of anilines is 2. The molecule has 0 saturated heterocycles. The first-order valence-corrected chi connectivity index (χ1v) is 18.5. The third kappa shape index (κ3) is 9.57. The Balaban J connectivity index is 1.24. The molecule has 3 aromatic carbocycles. The number of carbonyl (C=O) groups is 3. The second-order valence-corrected chi connectivity index (χ2v) is 14.0. The Bertz CT molecular complexity index is 2000. The number of aromatic nitrogens is 1. The zero-order valence-electron chi connectivity index (χ0n) is 29.4. The number of halogens is 2. The molecule has 4 aromatic rings. The zero-order valence-corrected chi connectivity index (χ0v) is 30.3. The van der Waals surface area contributed by atoms with Gasteiger partial charge < -0.3 is 44.5 Å². The predicted molar refractivity (Wildman–Crippen MR) is 192 cm³/mol. The van der Waals surface area contributed by atoms with Crippen LogP contribution in [0.5, 0.6) is 23.0 Å². The fraction of sp³-hybridized carbons (Fsp3) is 0.333. The highest BCUT2D eigenvalue weighted by Gasteiger charge is 2.56. The second-order valence-electron chi connectivity index (χ2n) is 12.0. The van der Waals surface area contributed by atoms with E-state index in [9.17, 15) is 23.3 Å². The van der Waals surface area contributed by atoms with Crippen molar-refractivity contribution >= 4 is 47.7 Å². The van der Waals surface area contributed by atoms with E-state index in [2.05, 4.69) is 15.6 Å². The number of nitrogens with zero attached hydrogens (tertiary/aromatic N) is 2. The highest BCUT2D eigenvalue weighted by Crippen LogP contribution is 2.49. The van der Waals surface area contributed by atoms with Crippen LogP contribution in [0.25, 0.3) is 10.9 Å². The first-order chi connectivity index (χ1) is 25.4. The van der Waals surface area contributed by atoms with E-state index in [1.807, 2.05) is 0 Å². The first-order valence-electron chi connectivity index (χ1n) is 16.8. The lowest BCUT2D eigenvalue weighted by Gasteiger charge is -2.25. The molecule has 0 aliphatic heterocycles. The summed E-state index contributed by atoms with van der Waals surface area (Å²) in [6.45, 7) is 3.81. The van der Waals surface area contributed by atoms with Gasteiger partial charge in [-0.25, -0.2) is 13.6 Å². The maximum atomic E-state index is 15.4. The fourth-order valence-electron chi connectivity index (χ4n) is 5.40. The molecule has 0 radical (unpaired) electrons. The largest absolute Gasteiger partial charge is 0.493 e. The van der Waals surface area contributed by atoms with Crippen LogP contribution in [-0.4, -0.2) is 67.5 Å². The molecule has 0 bridgehead atoms. The lowest BCUT2D eigenvalue weighted by Crippen LogP contribution is -2.38. The summed E-state index contributed by atoms with van der Waals surface area (Å²) < 4.78 is 69.5. The molecule has 1 aliphatic rings. The first kappa shape index (κ1) is 38.9. The highest BCUT2D eigenvalue weighted by atomic mass is 31.2. The van der Waals surface area contributed by atoms with Crippen molar-refractivity contribution in [2.45, 2.75) is 33.1 Å². The Morgan fingerprint density at radius 2 is 1.55 bits per heavy atom. The maximum absolute atomic E-state index is 15.4. The Morgan fingerprint density at radius 3 is 2.15 bits per heavy atom. The standard InChI is InChI=1S/C36H40F2N5O9P/c1-4-50-53(47,51-5-2)22-43(35(39)46)17-6-18-49-32-20-26-28(21-31(32)48-3)40-16-13-29(26)52-30-12-11-25(19-27(30)38)42-34(45)36(14-15-36)33(44)41-24-9-7-23(37)8-10-24/h7-13,16,19-21H,4-6,14-15,17-18,22H2,1-3H3,(H2,39,46)(H,41,44)(H,42,45). The van der Waals surface area contributed by atoms with Gasteiger partial charge in [0.2, 0.25) is 11.8 Å². The SMILES string of the molecule is CCOP(=O)(CN(CCCOc1cc2c(Oc3ccc(NC(=O)C4(C(=O)Nc5ccc(F)cc5)CC4)cc3F)ccnc2cc1OC)C(N)=O)OCC.